The zero-order chi connectivity index (χ0) is 21.2. The van der Waals surface area contributed by atoms with Crippen LogP contribution in [0.3, 0.4) is 0 Å². The van der Waals surface area contributed by atoms with Gasteiger partial charge in [-0.2, -0.15) is 0 Å². The van der Waals surface area contributed by atoms with Crippen molar-refractivity contribution in [1.82, 2.24) is 4.90 Å². The Bertz CT molecular complexity index is 612. The third-order valence-electron chi connectivity index (χ3n) is 3.99. The highest BCUT2D eigenvalue weighted by Gasteiger charge is 2.32. The van der Waals surface area contributed by atoms with Crippen LogP contribution in [0.25, 0.3) is 0 Å². The van der Waals surface area contributed by atoms with Crippen LogP contribution in [-0.4, -0.2) is 52.2 Å². The van der Waals surface area contributed by atoms with Crippen LogP contribution in [0.4, 0.5) is 4.79 Å². The number of halogens is 1. The standard InChI is InChI=1S/C21H32BrNO5/c1-5-27-17-11-9-16(10-12-17)15-18(19(24)25)23(14-8-6-7-13-22)20(26)28-21(2,3)4/h9-12,18H,5-8,13-15H2,1-4H3,(H,24,25)/t18-/m0/s1. The van der Waals surface area contributed by atoms with E-state index in [-0.39, 0.29) is 6.42 Å². The number of rotatable bonds is 11. The van der Waals surface area contributed by atoms with Crippen LogP contribution in [-0.2, 0) is 16.0 Å². The second-order valence-corrected chi connectivity index (χ2v) is 8.35. The summed E-state index contributed by atoms with van der Waals surface area (Å²) >= 11 is 3.39. The summed E-state index contributed by atoms with van der Waals surface area (Å²) in [6.07, 6.45) is 2.21. The van der Waals surface area contributed by atoms with E-state index in [9.17, 15) is 14.7 Å². The maximum atomic E-state index is 12.7. The Morgan fingerprint density at radius 2 is 1.79 bits per heavy atom. The van der Waals surface area contributed by atoms with Gasteiger partial charge in [0.05, 0.1) is 6.61 Å². The van der Waals surface area contributed by atoms with Crippen molar-refractivity contribution in [3.63, 3.8) is 0 Å². The molecular weight excluding hydrogens is 426 g/mol. The zero-order valence-corrected chi connectivity index (χ0v) is 18.8. The Balaban J connectivity index is 2.97. The fourth-order valence-corrected chi connectivity index (χ4v) is 3.09. The van der Waals surface area contributed by atoms with Gasteiger partial charge in [0.15, 0.2) is 0 Å². The first-order valence-electron chi connectivity index (χ1n) is 9.68. The van der Waals surface area contributed by atoms with Gasteiger partial charge in [0.1, 0.15) is 17.4 Å². The van der Waals surface area contributed by atoms with Gasteiger partial charge in [-0.05, 0) is 58.2 Å². The van der Waals surface area contributed by atoms with E-state index in [1.807, 2.05) is 31.2 Å². The van der Waals surface area contributed by atoms with Crippen molar-refractivity contribution in [3.05, 3.63) is 29.8 Å². The van der Waals surface area contributed by atoms with Crippen molar-refractivity contribution in [3.8, 4) is 5.75 Å². The second kappa shape index (κ2) is 11.9. The molecule has 0 aliphatic heterocycles. The van der Waals surface area contributed by atoms with Gasteiger partial charge in [-0.1, -0.05) is 34.5 Å². The number of hydrogen-bond acceptors (Lipinski definition) is 4. The second-order valence-electron chi connectivity index (χ2n) is 7.56. The fraction of sp³-hybridized carbons (Fsp3) is 0.619. The van der Waals surface area contributed by atoms with E-state index in [2.05, 4.69) is 15.9 Å². The lowest BCUT2D eigenvalue weighted by molar-refractivity contribution is -0.143. The molecule has 1 aromatic rings. The number of hydrogen-bond donors (Lipinski definition) is 1. The van der Waals surface area contributed by atoms with E-state index in [1.165, 1.54) is 4.90 Å². The SMILES string of the molecule is CCOc1ccc(C[C@@H](C(=O)O)N(CCCCCBr)C(=O)OC(C)(C)C)cc1. The van der Waals surface area contributed by atoms with Gasteiger partial charge in [-0.3, -0.25) is 4.90 Å². The number of carbonyl (C=O) groups is 2. The first-order chi connectivity index (χ1) is 13.2. The highest BCUT2D eigenvalue weighted by atomic mass is 79.9. The summed E-state index contributed by atoms with van der Waals surface area (Å²) in [5, 5.41) is 10.7. The molecule has 0 bridgehead atoms. The molecule has 0 spiro atoms. The molecule has 0 fully saturated rings. The van der Waals surface area contributed by atoms with Crippen molar-refractivity contribution in [1.29, 1.82) is 0 Å². The van der Waals surface area contributed by atoms with Crippen LogP contribution in [0.2, 0.25) is 0 Å². The van der Waals surface area contributed by atoms with E-state index in [0.717, 1.165) is 35.9 Å². The number of nitrogens with zero attached hydrogens (tertiary/aromatic N) is 1. The highest BCUT2D eigenvalue weighted by molar-refractivity contribution is 9.09. The van der Waals surface area contributed by atoms with Gasteiger partial charge < -0.3 is 14.6 Å². The Labute approximate surface area is 176 Å². The molecule has 158 valence electrons. The lowest BCUT2D eigenvalue weighted by Gasteiger charge is -2.31. The first-order valence-corrected chi connectivity index (χ1v) is 10.8. The minimum Gasteiger partial charge on any atom is -0.494 e. The number of benzene rings is 1. The van der Waals surface area contributed by atoms with Crippen molar-refractivity contribution in [2.45, 2.75) is 65.0 Å². The molecule has 0 unspecified atom stereocenters. The Morgan fingerprint density at radius 3 is 2.29 bits per heavy atom. The molecule has 0 radical (unpaired) electrons. The molecular formula is C21H32BrNO5. The van der Waals surface area contributed by atoms with Crippen LogP contribution in [0, 0.1) is 0 Å². The molecule has 6 nitrogen and oxygen atoms in total. The molecule has 0 heterocycles. The molecule has 0 aliphatic rings. The third-order valence-corrected chi connectivity index (χ3v) is 4.55. The molecule has 0 aliphatic carbocycles. The number of carboxylic acids is 1. The number of aliphatic carboxylic acids is 1. The number of carboxylic acid groups (broad SMARTS) is 1. The van der Waals surface area contributed by atoms with E-state index in [1.54, 1.807) is 20.8 Å². The van der Waals surface area contributed by atoms with Gasteiger partial charge in [0.25, 0.3) is 0 Å². The number of alkyl halides is 1. The van der Waals surface area contributed by atoms with E-state index >= 15 is 0 Å². The molecule has 0 aromatic heterocycles. The first kappa shape index (κ1) is 24.3. The lowest BCUT2D eigenvalue weighted by Crippen LogP contribution is -2.48. The number of carbonyl (C=O) groups excluding carboxylic acids is 1. The molecule has 28 heavy (non-hydrogen) atoms. The van der Waals surface area contributed by atoms with Crippen LogP contribution >= 0.6 is 15.9 Å². The predicted molar refractivity (Wildman–Crippen MR) is 113 cm³/mol. The third kappa shape index (κ3) is 8.95. The van der Waals surface area contributed by atoms with Crippen molar-refractivity contribution in [2.24, 2.45) is 0 Å². The summed E-state index contributed by atoms with van der Waals surface area (Å²) in [6.45, 7) is 8.14. The topological polar surface area (TPSA) is 76.1 Å². The maximum absolute atomic E-state index is 12.7. The average molecular weight is 458 g/mol. The zero-order valence-electron chi connectivity index (χ0n) is 17.2. The van der Waals surface area contributed by atoms with Crippen LogP contribution in [0.5, 0.6) is 5.75 Å². The Morgan fingerprint density at radius 1 is 1.14 bits per heavy atom. The minimum atomic E-state index is -1.04. The Hall–Kier alpha value is -1.76. The summed E-state index contributed by atoms with van der Waals surface area (Å²) in [6, 6.07) is 6.30. The summed E-state index contributed by atoms with van der Waals surface area (Å²) in [5.74, 6) is -0.308. The fourth-order valence-electron chi connectivity index (χ4n) is 2.69. The maximum Gasteiger partial charge on any atom is 0.411 e. The Kier molecular flexibility index (Phi) is 10.4. The molecule has 0 saturated carbocycles. The lowest BCUT2D eigenvalue weighted by atomic mass is 10.0. The summed E-state index contributed by atoms with van der Waals surface area (Å²) < 4.78 is 10.9. The van der Waals surface area contributed by atoms with Gasteiger partial charge in [-0.15, -0.1) is 0 Å². The molecule has 1 rings (SSSR count). The number of amides is 1. The molecule has 1 N–H and O–H groups in total. The van der Waals surface area contributed by atoms with Crippen molar-refractivity contribution in [2.75, 3.05) is 18.5 Å². The van der Waals surface area contributed by atoms with Gasteiger partial charge in [-0.25, -0.2) is 9.59 Å². The van der Waals surface area contributed by atoms with Gasteiger partial charge in [0, 0.05) is 18.3 Å². The quantitative estimate of drug-likeness (QED) is 0.378. The van der Waals surface area contributed by atoms with Crippen molar-refractivity contribution < 1.29 is 24.2 Å². The van der Waals surface area contributed by atoms with Crippen LogP contribution in [0.15, 0.2) is 24.3 Å². The normalized spacial score (nSPS) is 12.3. The van der Waals surface area contributed by atoms with E-state index in [0.29, 0.717) is 13.2 Å². The smallest absolute Gasteiger partial charge is 0.411 e. The van der Waals surface area contributed by atoms with Crippen LogP contribution in [0.1, 0.15) is 52.5 Å². The predicted octanol–water partition coefficient (Wildman–Crippen LogP) is 4.88. The highest BCUT2D eigenvalue weighted by Crippen LogP contribution is 2.19. The summed E-state index contributed by atoms with van der Waals surface area (Å²) in [7, 11) is 0. The molecule has 0 saturated heterocycles. The summed E-state index contributed by atoms with van der Waals surface area (Å²) in [5.41, 5.74) is 0.137. The van der Waals surface area contributed by atoms with E-state index < -0.39 is 23.7 Å². The summed E-state index contributed by atoms with van der Waals surface area (Å²) in [4.78, 5) is 26.0. The number of ether oxygens (including phenoxy) is 2. The minimum absolute atomic E-state index is 0.208. The van der Waals surface area contributed by atoms with Gasteiger partial charge >= 0.3 is 12.1 Å². The average Bonchev–Trinajstić information content (AvgIpc) is 2.60. The van der Waals surface area contributed by atoms with E-state index in [4.69, 9.17) is 9.47 Å². The molecule has 7 heteroatoms. The monoisotopic (exact) mass is 457 g/mol. The largest absolute Gasteiger partial charge is 0.494 e. The molecule has 1 amide bonds. The van der Waals surface area contributed by atoms with Crippen molar-refractivity contribution >= 4 is 28.0 Å². The van der Waals surface area contributed by atoms with Gasteiger partial charge in [0.2, 0.25) is 0 Å². The molecule has 1 aromatic carbocycles. The molecule has 1 atom stereocenters. The van der Waals surface area contributed by atoms with Crippen LogP contribution < -0.4 is 4.74 Å². The number of unbranched alkanes of at least 4 members (excludes halogenated alkanes) is 2.